The monoisotopic (exact) mass is 266 g/mol. The Morgan fingerprint density at radius 2 is 1.85 bits per heavy atom. The highest BCUT2D eigenvalue weighted by atomic mass is 14.7. The van der Waals surface area contributed by atoms with Crippen molar-refractivity contribution < 1.29 is 0 Å². The molecule has 20 heavy (non-hydrogen) atoms. The van der Waals surface area contributed by atoms with Gasteiger partial charge in [-0.2, -0.15) is 0 Å². The lowest BCUT2D eigenvalue weighted by Crippen LogP contribution is -1.98. The topological polar surface area (TPSA) is 28.7 Å². The van der Waals surface area contributed by atoms with Crippen LogP contribution >= 0.6 is 0 Å². The standard InChI is InChI=1S/C16H16N2.C2H6/c1-2-13(12-6-4-3-5-7-12)14-11-18-16-8-9-17-10-15(14)16;1-2/h3-11,13,18H,2H2,1H3;1-2H3. The third-order valence-electron chi connectivity index (χ3n) is 3.50. The molecule has 0 spiro atoms. The van der Waals surface area contributed by atoms with Crippen molar-refractivity contribution >= 4 is 10.9 Å². The molecule has 0 bridgehead atoms. The Bertz CT molecular complexity index is 641. The number of fused-ring (bicyclic) bond motifs is 1. The molecule has 2 nitrogen and oxygen atoms in total. The van der Waals surface area contributed by atoms with E-state index in [1.165, 1.54) is 16.5 Å². The second-order valence-electron chi connectivity index (χ2n) is 4.54. The van der Waals surface area contributed by atoms with Crippen LogP contribution in [-0.2, 0) is 0 Å². The van der Waals surface area contributed by atoms with Crippen molar-refractivity contribution in [3.05, 3.63) is 66.1 Å². The number of aromatic nitrogens is 2. The number of nitrogens with zero attached hydrogens (tertiary/aromatic N) is 1. The lowest BCUT2D eigenvalue weighted by molar-refractivity contribution is 0.783. The maximum absolute atomic E-state index is 4.24. The summed E-state index contributed by atoms with van der Waals surface area (Å²) in [4.78, 5) is 7.57. The third-order valence-corrected chi connectivity index (χ3v) is 3.50. The van der Waals surface area contributed by atoms with Gasteiger partial charge in [-0.25, -0.2) is 0 Å². The van der Waals surface area contributed by atoms with Crippen molar-refractivity contribution in [2.24, 2.45) is 0 Å². The quantitative estimate of drug-likeness (QED) is 0.699. The zero-order valence-corrected chi connectivity index (χ0v) is 12.4. The van der Waals surface area contributed by atoms with Crippen molar-refractivity contribution in [1.29, 1.82) is 0 Å². The van der Waals surface area contributed by atoms with Crippen molar-refractivity contribution in [2.45, 2.75) is 33.1 Å². The number of pyridine rings is 1. The van der Waals surface area contributed by atoms with E-state index in [1.54, 1.807) is 0 Å². The Morgan fingerprint density at radius 3 is 2.55 bits per heavy atom. The minimum atomic E-state index is 0.434. The van der Waals surface area contributed by atoms with Crippen LogP contribution < -0.4 is 0 Å². The van der Waals surface area contributed by atoms with E-state index in [2.05, 4.69) is 53.4 Å². The van der Waals surface area contributed by atoms with Crippen LogP contribution in [0.2, 0.25) is 0 Å². The third kappa shape index (κ3) is 2.74. The van der Waals surface area contributed by atoms with Crippen molar-refractivity contribution in [2.75, 3.05) is 0 Å². The van der Waals surface area contributed by atoms with E-state index in [9.17, 15) is 0 Å². The fourth-order valence-corrected chi connectivity index (χ4v) is 2.59. The van der Waals surface area contributed by atoms with Crippen LogP contribution in [0.3, 0.4) is 0 Å². The molecule has 3 rings (SSSR count). The first-order valence-corrected chi connectivity index (χ1v) is 7.36. The Hall–Kier alpha value is -2.09. The number of H-pyrrole nitrogens is 1. The van der Waals surface area contributed by atoms with Crippen molar-refractivity contribution in [3.63, 3.8) is 0 Å². The highest BCUT2D eigenvalue weighted by Gasteiger charge is 2.15. The lowest BCUT2D eigenvalue weighted by atomic mass is 9.89. The Kier molecular flexibility index (Phi) is 4.94. The van der Waals surface area contributed by atoms with Crippen molar-refractivity contribution in [3.8, 4) is 0 Å². The van der Waals surface area contributed by atoms with Gasteiger partial charge in [0.05, 0.1) is 0 Å². The number of hydrogen-bond donors (Lipinski definition) is 1. The Balaban J connectivity index is 0.000000704. The molecule has 1 atom stereocenters. The van der Waals surface area contributed by atoms with Crippen LogP contribution in [0, 0.1) is 0 Å². The fraction of sp³-hybridized carbons (Fsp3) is 0.278. The van der Waals surface area contributed by atoms with Crippen LogP contribution in [0.5, 0.6) is 0 Å². The fourth-order valence-electron chi connectivity index (χ4n) is 2.59. The van der Waals surface area contributed by atoms with Gasteiger partial charge in [0.25, 0.3) is 0 Å². The summed E-state index contributed by atoms with van der Waals surface area (Å²) in [6, 6.07) is 12.7. The molecular formula is C18H22N2. The zero-order chi connectivity index (χ0) is 14.4. The summed E-state index contributed by atoms with van der Waals surface area (Å²) < 4.78 is 0. The van der Waals surface area contributed by atoms with Gasteiger partial charge in [0.1, 0.15) is 0 Å². The van der Waals surface area contributed by atoms with Crippen LogP contribution in [0.1, 0.15) is 44.2 Å². The molecule has 0 amide bonds. The van der Waals surface area contributed by atoms with Gasteiger partial charge >= 0.3 is 0 Å². The van der Waals surface area contributed by atoms with Gasteiger partial charge in [0.15, 0.2) is 0 Å². The van der Waals surface area contributed by atoms with Gasteiger partial charge in [0, 0.05) is 35.4 Å². The predicted octanol–water partition coefficient (Wildman–Crippen LogP) is 5.13. The normalized spacial score (nSPS) is 11.8. The summed E-state index contributed by atoms with van der Waals surface area (Å²) in [5.41, 5.74) is 3.87. The predicted molar refractivity (Wildman–Crippen MR) is 86.0 cm³/mol. The first kappa shape index (κ1) is 14.3. The average molecular weight is 266 g/mol. The van der Waals surface area contributed by atoms with E-state index in [0.717, 1.165) is 11.9 Å². The SMILES string of the molecule is CC.CCC(c1ccccc1)c1c[nH]c2ccncc12. The van der Waals surface area contributed by atoms with E-state index in [0.29, 0.717) is 5.92 Å². The summed E-state index contributed by atoms with van der Waals surface area (Å²) in [5.74, 6) is 0.434. The molecule has 0 saturated heterocycles. The number of hydrogen-bond acceptors (Lipinski definition) is 1. The maximum Gasteiger partial charge on any atom is 0.0488 e. The van der Waals surface area contributed by atoms with Gasteiger partial charge in [-0.15, -0.1) is 0 Å². The van der Waals surface area contributed by atoms with Gasteiger partial charge < -0.3 is 4.98 Å². The van der Waals surface area contributed by atoms with Crippen molar-refractivity contribution in [1.82, 2.24) is 9.97 Å². The van der Waals surface area contributed by atoms with Crippen LogP contribution in [0.4, 0.5) is 0 Å². The molecule has 2 heterocycles. The molecule has 1 unspecified atom stereocenters. The van der Waals surface area contributed by atoms with E-state index in [1.807, 2.05) is 32.3 Å². The molecule has 104 valence electrons. The van der Waals surface area contributed by atoms with Gasteiger partial charge in [-0.3, -0.25) is 4.98 Å². The number of rotatable bonds is 3. The maximum atomic E-state index is 4.24. The summed E-state index contributed by atoms with van der Waals surface area (Å²) in [6.07, 6.45) is 6.98. The first-order chi connectivity index (χ1) is 9.90. The molecule has 2 aromatic heterocycles. The summed E-state index contributed by atoms with van der Waals surface area (Å²) in [5, 5.41) is 1.23. The van der Waals surface area contributed by atoms with Crippen LogP contribution in [-0.4, -0.2) is 9.97 Å². The van der Waals surface area contributed by atoms with E-state index in [-0.39, 0.29) is 0 Å². The number of nitrogens with one attached hydrogen (secondary N) is 1. The summed E-state index contributed by atoms with van der Waals surface area (Å²) in [6.45, 7) is 6.23. The molecule has 0 radical (unpaired) electrons. The highest BCUT2D eigenvalue weighted by molar-refractivity contribution is 5.83. The minimum Gasteiger partial charge on any atom is -0.361 e. The molecule has 3 aromatic rings. The first-order valence-electron chi connectivity index (χ1n) is 7.36. The second kappa shape index (κ2) is 6.90. The highest BCUT2D eigenvalue weighted by Crippen LogP contribution is 2.32. The summed E-state index contributed by atoms with van der Waals surface area (Å²) >= 11 is 0. The summed E-state index contributed by atoms with van der Waals surface area (Å²) in [7, 11) is 0. The molecule has 0 aliphatic carbocycles. The number of aromatic amines is 1. The Morgan fingerprint density at radius 1 is 1.10 bits per heavy atom. The molecule has 2 heteroatoms. The molecule has 0 saturated carbocycles. The van der Waals surface area contributed by atoms with E-state index >= 15 is 0 Å². The van der Waals surface area contributed by atoms with Crippen LogP contribution in [0.25, 0.3) is 10.9 Å². The molecular weight excluding hydrogens is 244 g/mol. The smallest absolute Gasteiger partial charge is 0.0488 e. The van der Waals surface area contributed by atoms with E-state index < -0.39 is 0 Å². The average Bonchev–Trinajstić information content (AvgIpc) is 2.95. The minimum absolute atomic E-state index is 0.434. The molecule has 0 aliphatic heterocycles. The second-order valence-corrected chi connectivity index (χ2v) is 4.54. The van der Waals surface area contributed by atoms with Gasteiger partial charge in [-0.05, 0) is 23.6 Å². The van der Waals surface area contributed by atoms with E-state index in [4.69, 9.17) is 0 Å². The molecule has 0 aliphatic rings. The van der Waals surface area contributed by atoms with Gasteiger partial charge in [-0.1, -0.05) is 51.1 Å². The molecule has 0 fully saturated rings. The molecule has 1 N–H and O–H groups in total. The lowest BCUT2D eigenvalue weighted by Gasteiger charge is -2.14. The largest absolute Gasteiger partial charge is 0.361 e. The molecule has 1 aromatic carbocycles. The van der Waals surface area contributed by atoms with Gasteiger partial charge in [0.2, 0.25) is 0 Å². The zero-order valence-electron chi connectivity index (χ0n) is 12.4. The van der Waals surface area contributed by atoms with Crippen LogP contribution in [0.15, 0.2) is 55.0 Å². The number of benzene rings is 1. The Labute approximate surface area is 120 Å².